The number of aromatic hydroxyl groups is 1. The first-order valence-corrected chi connectivity index (χ1v) is 8.90. The van der Waals surface area contributed by atoms with Gasteiger partial charge in [0.2, 0.25) is 0 Å². The predicted molar refractivity (Wildman–Crippen MR) is 107 cm³/mol. The number of rotatable bonds is 4. The Morgan fingerprint density at radius 2 is 1.58 bits per heavy atom. The third kappa shape index (κ3) is 4.13. The molecule has 0 heterocycles. The third-order valence-electron chi connectivity index (χ3n) is 3.85. The SMILES string of the molecule is O=C(Nc1c(Cl)cc(Cl)cc1Cl)c1cccc(Cc2ccccc2)c1O. The summed E-state index contributed by atoms with van der Waals surface area (Å²) in [6, 6.07) is 17.7. The van der Waals surface area contributed by atoms with Crippen molar-refractivity contribution in [3.63, 3.8) is 0 Å². The van der Waals surface area contributed by atoms with Gasteiger partial charge in [-0.15, -0.1) is 0 Å². The first kappa shape index (κ1) is 18.6. The largest absolute Gasteiger partial charge is 0.507 e. The van der Waals surface area contributed by atoms with Crippen LogP contribution in [0.2, 0.25) is 15.1 Å². The third-order valence-corrected chi connectivity index (χ3v) is 4.66. The zero-order valence-electron chi connectivity index (χ0n) is 13.5. The number of carbonyl (C=O) groups is 1. The van der Waals surface area contributed by atoms with Crippen molar-refractivity contribution in [2.24, 2.45) is 0 Å². The minimum Gasteiger partial charge on any atom is -0.507 e. The van der Waals surface area contributed by atoms with Gasteiger partial charge in [-0.2, -0.15) is 0 Å². The van der Waals surface area contributed by atoms with Gasteiger partial charge in [0.1, 0.15) is 5.75 Å². The van der Waals surface area contributed by atoms with E-state index >= 15 is 0 Å². The molecule has 0 aliphatic heterocycles. The van der Waals surface area contributed by atoms with Crippen LogP contribution in [0, 0.1) is 0 Å². The highest BCUT2D eigenvalue weighted by Gasteiger charge is 2.17. The number of para-hydroxylation sites is 1. The van der Waals surface area contributed by atoms with E-state index in [0.717, 1.165) is 5.56 Å². The maximum atomic E-state index is 12.6. The number of amides is 1. The number of hydrogen-bond donors (Lipinski definition) is 2. The Morgan fingerprint density at radius 3 is 2.23 bits per heavy atom. The molecule has 3 nitrogen and oxygen atoms in total. The summed E-state index contributed by atoms with van der Waals surface area (Å²) in [4.78, 5) is 12.6. The summed E-state index contributed by atoms with van der Waals surface area (Å²) in [6.07, 6.45) is 0.510. The highest BCUT2D eigenvalue weighted by Crippen LogP contribution is 2.34. The zero-order valence-corrected chi connectivity index (χ0v) is 15.7. The monoisotopic (exact) mass is 405 g/mol. The molecule has 0 fully saturated rings. The molecule has 1 amide bonds. The molecule has 0 aliphatic rings. The van der Waals surface area contributed by atoms with Crippen LogP contribution >= 0.6 is 34.8 Å². The summed E-state index contributed by atoms with van der Waals surface area (Å²) < 4.78 is 0. The van der Waals surface area contributed by atoms with E-state index in [2.05, 4.69) is 5.32 Å². The van der Waals surface area contributed by atoms with Gasteiger partial charge < -0.3 is 10.4 Å². The molecule has 0 atom stereocenters. The quantitative estimate of drug-likeness (QED) is 0.542. The molecule has 0 bridgehead atoms. The lowest BCUT2D eigenvalue weighted by atomic mass is 10.0. The van der Waals surface area contributed by atoms with Crippen LogP contribution in [0.15, 0.2) is 60.7 Å². The van der Waals surface area contributed by atoms with E-state index in [-0.39, 0.29) is 27.0 Å². The second-order valence-corrected chi connectivity index (χ2v) is 6.93. The zero-order chi connectivity index (χ0) is 18.7. The van der Waals surface area contributed by atoms with Crippen LogP contribution in [0.3, 0.4) is 0 Å². The van der Waals surface area contributed by atoms with Gasteiger partial charge in [-0.3, -0.25) is 4.79 Å². The highest BCUT2D eigenvalue weighted by molar-refractivity contribution is 6.42. The van der Waals surface area contributed by atoms with Gasteiger partial charge in [-0.05, 0) is 29.3 Å². The van der Waals surface area contributed by atoms with Crippen molar-refractivity contribution >= 4 is 46.4 Å². The fourth-order valence-corrected chi connectivity index (χ4v) is 3.49. The molecular formula is C20H14Cl3NO2. The molecule has 0 spiro atoms. The molecule has 0 saturated heterocycles. The lowest BCUT2D eigenvalue weighted by Gasteiger charge is -2.13. The molecule has 3 aromatic rings. The summed E-state index contributed by atoms with van der Waals surface area (Å²) in [5.41, 5.74) is 2.07. The van der Waals surface area contributed by atoms with Crippen molar-refractivity contribution in [2.75, 3.05) is 5.32 Å². The molecule has 0 aromatic heterocycles. The molecule has 6 heteroatoms. The summed E-state index contributed by atoms with van der Waals surface area (Å²) >= 11 is 18.1. The molecule has 2 N–H and O–H groups in total. The van der Waals surface area contributed by atoms with Crippen LogP contribution in [0.25, 0.3) is 0 Å². The van der Waals surface area contributed by atoms with E-state index in [0.29, 0.717) is 17.0 Å². The smallest absolute Gasteiger partial charge is 0.259 e. The van der Waals surface area contributed by atoms with E-state index in [1.807, 2.05) is 30.3 Å². The topological polar surface area (TPSA) is 49.3 Å². The molecule has 0 saturated carbocycles. The maximum Gasteiger partial charge on any atom is 0.259 e. The number of anilines is 1. The van der Waals surface area contributed by atoms with E-state index in [1.165, 1.54) is 18.2 Å². The Bertz CT molecular complexity index is 936. The summed E-state index contributed by atoms with van der Waals surface area (Å²) in [7, 11) is 0. The number of hydrogen-bond acceptors (Lipinski definition) is 2. The van der Waals surface area contributed by atoms with Crippen LogP contribution < -0.4 is 5.32 Å². The van der Waals surface area contributed by atoms with Gasteiger partial charge in [0.05, 0.1) is 21.3 Å². The molecule has 3 rings (SSSR count). The fourth-order valence-electron chi connectivity index (χ4n) is 2.58. The van der Waals surface area contributed by atoms with Crippen LogP contribution in [0.5, 0.6) is 5.75 Å². The number of phenols is 1. The number of halogens is 3. The Hall–Kier alpha value is -2.20. The standard InChI is InChI=1S/C20H14Cl3NO2/c21-14-10-16(22)18(17(23)11-14)24-20(26)15-8-4-7-13(19(15)25)9-12-5-2-1-3-6-12/h1-8,10-11,25H,9H2,(H,24,26). The summed E-state index contributed by atoms with van der Waals surface area (Å²) in [6.45, 7) is 0. The summed E-state index contributed by atoms with van der Waals surface area (Å²) in [5.74, 6) is -0.585. The van der Waals surface area contributed by atoms with E-state index < -0.39 is 5.91 Å². The molecule has 26 heavy (non-hydrogen) atoms. The van der Waals surface area contributed by atoms with Gasteiger partial charge in [0, 0.05) is 11.4 Å². The van der Waals surface area contributed by atoms with Crippen molar-refractivity contribution in [1.82, 2.24) is 0 Å². The van der Waals surface area contributed by atoms with Crippen LogP contribution in [-0.4, -0.2) is 11.0 Å². The Kier molecular flexibility index (Phi) is 5.72. The van der Waals surface area contributed by atoms with Gasteiger partial charge in [-0.25, -0.2) is 0 Å². The lowest BCUT2D eigenvalue weighted by molar-refractivity contribution is 0.102. The van der Waals surface area contributed by atoms with E-state index in [4.69, 9.17) is 34.8 Å². The summed E-state index contributed by atoms with van der Waals surface area (Å²) in [5, 5.41) is 14.0. The molecule has 3 aromatic carbocycles. The van der Waals surface area contributed by atoms with Crippen molar-refractivity contribution < 1.29 is 9.90 Å². The van der Waals surface area contributed by atoms with Gasteiger partial charge in [0.25, 0.3) is 5.91 Å². The molecule has 0 radical (unpaired) electrons. The lowest BCUT2D eigenvalue weighted by Crippen LogP contribution is -2.13. The van der Waals surface area contributed by atoms with Crippen LogP contribution in [0.1, 0.15) is 21.5 Å². The molecule has 132 valence electrons. The number of phenolic OH excluding ortho intramolecular Hbond substituents is 1. The van der Waals surface area contributed by atoms with E-state index in [9.17, 15) is 9.90 Å². The predicted octanol–water partition coefficient (Wildman–Crippen LogP) is 6.20. The van der Waals surface area contributed by atoms with Crippen LogP contribution in [0.4, 0.5) is 5.69 Å². The Morgan fingerprint density at radius 1 is 0.923 bits per heavy atom. The second kappa shape index (κ2) is 8.00. The normalized spacial score (nSPS) is 10.6. The Labute approximate surface area is 166 Å². The number of benzene rings is 3. The maximum absolute atomic E-state index is 12.6. The molecule has 0 aliphatic carbocycles. The number of carbonyl (C=O) groups excluding carboxylic acids is 1. The minimum absolute atomic E-state index is 0.0740. The van der Waals surface area contributed by atoms with Crippen molar-refractivity contribution in [3.05, 3.63) is 92.4 Å². The highest BCUT2D eigenvalue weighted by atomic mass is 35.5. The molecular weight excluding hydrogens is 393 g/mol. The molecule has 0 unspecified atom stereocenters. The first-order chi connectivity index (χ1) is 12.5. The van der Waals surface area contributed by atoms with Crippen LogP contribution in [-0.2, 0) is 6.42 Å². The van der Waals surface area contributed by atoms with Gasteiger partial charge in [-0.1, -0.05) is 77.3 Å². The number of nitrogens with one attached hydrogen (secondary N) is 1. The fraction of sp³-hybridized carbons (Fsp3) is 0.0500. The van der Waals surface area contributed by atoms with Crippen molar-refractivity contribution in [1.29, 1.82) is 0 Å². The minimum atomic E-state index is -0.511. The Balaban J connectivity index is 1.88. The average Bonchev–Trinajstić information content (AvgIpc) is 2.60. The van der Waals surface area contributed by atoms with Crippen molar-refractivity contribution in [2.45, 2.75) is 6.42 Å². The van der Waals surface area contributed by atoms with E-state index in [1.54, 1.807) is 12.1 Å². The second-order valence-electron chi connectivity index (χ2n) is 5.67. The average molecular weight is 407 g/mol. The van der Waals surface area contributed by atoms with Gasteiger partial charge in [0.15, 0.2) is 0 Å². The first-order valence-electron chi connectivity index (χ1n) is 7.76. The van der Waals surface area contributed by atoms with Crippen molar-refractivity contribution in [3.8, 4) is 5.75 Å². The van der Waals surface area contributed by atoms with Gasteiger partial charge >= 0.3 is 0 Å².